The molecule has 14 rings (SSSR count). The largest absolute Gasteiger partial charge is 0.376 e. The van der Waals surface area contributed by atoms with Crippen LogP contribution in [0.3, 0.4) is 0 Å². The van der Waals surface area contributed by atoms with Gasteiger partial charge in [0.05, 0.1) is 21.3 Å². The summed E-state index contributed by atoms with van der Waals surface area (Å²) in [6.45, 7) is 31.9. The van der Waals surface area contributed by atoms with Crippen molar-refractivity contribution in [2.24, 2.45) is 0 Å². The van der Waals surface area contributed by atoms with E-state index in [1.54, 1.807) is 0 Å². The molecule has 0 bridgehead atoms. The summed E-state index contributed by atoms with van der Waals surface area (Å²) < 4.78 is 4.00. The zero-order valence-electron chi connectivity index (χ0n) is 44.1. The van der Waals surface area contributed by atoms with Gasteiger partial charge >= 0.3 is 6.85 Å². The lowest BCUT2D eigenvalue weighted by Gasteiger charge is -2.47. The maximum atomic E-state index is 5.52. The van der Waals surface area contributed by atoms with Crippen LogP contribution in [0.5, 0.6) is 0 Å². The van der Waals surface area contributed by atoms with Crippen LogP contribution in [-0.2, 0) is 32.5 Å². The molecule has 0 N–H and O–H groups in total. The summed E-state index contributed by atoms with van der Waals surface area (Å²) in [7, 11) is 0. The third-order valence-corrected chi connectivity index (χ3v) is 19.9. The average Bonchev–Trinajstić information content (AvgIpc) is 3.98. The first-order chi connectivity index (χ1) is 33.6. The molecular formula is C66H66BN3S. The summed E-state index contributed by atoms with van der Waals surface area (Å²) in [5.41, 5.74) is 27.4. The van der Waals surface area contributed by atoms with Crippen molar-refractivity contribution < 1.29 is 0 Å². The average molecular weight is 944 g/mol. The van der Waals surface area contributed by atoms with Gasteiger partial charge in [0.2, 0.25) is 0 Å². The first-order valence-electron chi connectivity index (χ1n) is 26.5. The fraction of sp³-hybridized carbons (Fsp3) is 0.348. The molecular weight excluding hydrogens is 878 g/mol. The molecule has 0 saturated carbocycles. The Bertz CT molecular complexity index is 3830. The molecule has 0 fully saturated rings. The molecule has 3 aliphatic carbocycles. The Labute approximate surface area is 425 Å². The number of aromatic nitrogens is 2. The van der Waals surface area contributed by atoms with E-state index in [4.69, 9.17) is 4.98 Å². The molecule has 4 heterocycles. The number of thiazole rings is 1. The van der Waals surface area contributed by atoms with Crippen LogP contribution in [0.4, 0.5) is 11.4 Å². The molecule has 3 nitrogen and oxygen atoms in total. The third-order valence-electron chi connectivity index (χ3n) is 18.8. The maximum Gasteiger partial charge on any atom is 0.333 e. The topological polar surface area (TPSA) is 21.1 Å². The number of hydrogen-bond donors (Lipinski definition) is 0. The van der Waals surface area contributed by atoms with Crippen molar-refractivity contribution >= 4 is 72.5 Å². The van der Waals surface area contributed by atoms with Crippen LogP contribution < -0.4 is 15.7 Å². The van der Waals surface area contributed by atoms with Gasteiger partial charge in [-0.1, -0.05) is 157 Å². The van der Waals surface area contributed by atoms with E-state index in [0.29, 0.717) is 0 Å². The van der Waals surface area contributed by atoms with Gasteiger partial charge in [0.1, 0.15) is 5.01 Å². The molecule has 0 saturated heterocycles. The van der Waals surface area contributed by atoms with Gasteiger partial charge in [-0.2, -0.15) is 0 Å². The van der Waals surface area contributed by atoms with Gasteiger partial charge in [-0.05, 0) is 168 Å². The highest BCUT2D eigenvalue weighted by Crippen LogP contribution is 2.61. The Balaban J connectivity index is 1.23. The van der Waals surface area contributed by atoms with Crippen molar-refractivity contribution in [1.29, 1.82) is 0 Å². The Morgan fingerprint density at radius 2 is 1.18 bits per heavy atom. The van der Waals surface area contributed by atoms with Crippen LogP contribution in [0.1, 0.15) is 155 Å². The maximum absolute atomic E-state index is 5.52. The van der Waals surface area contributed by atoms with Crippen molar-refractivity contribution in [2.75, 3.05) is 4.81 Å². The lowest BCUT2D eigenvalue weighted by molar-refractivity contribution is 0.332. The summed E-state index contributed by atoms with van der Waals surface area (Å²) >= 11 is 1.83. The van der Waals surface area contributed by atoms with Crippen LogP contribution in [0.2, 0.25) is 0 Å². The fourth-order valence-corrected chi connectivity index (χ4v) is 15.5. The molecule has 0 amide bonds. The van der Waals surface area contributed by atoms with Crippen molar-refractivity contribution in [3.63, 3.8) is 0 Å². The predicted octanol–water partition coefficient (Wildman–Crippen LogP) is 16.6. The molecule has 0 unspecified atom stereocenters. The first kappa shape index (κ1) is 43.8. The summed E-state index contributed by atoms with van der Waals surface area (Å²) in [4.78, 5) is 8.30. The molecule has 0 spiro atoms. The van der Waals surface area contributed by atoms with E-state index < -0.39 is 0 Å². The number of rotatable bonds is 2. The van der Waals surface area contributed by atoms with Crippen LogP contribution in [0.15, 0.2) is 115 Å². The summed E-state index contributed by atoms with van der Waals surface area (Å²) in [6.07, 6.45) is 4.68. The van der Waals surface area contributed by atoms with Gasteiger partial charge in [-0.3, -0.25) is 0 Å². The van der Waals surface area contributed by atoms with Crippen LogP contribution in [0, 0.1) is 0 Å². The van der Waals surface area contributed by atoms with E-state index in [0.717, 1.165) is 16.9 Å². The molecule has 354 valence electrons. The zero-order valence-corrected chi connectivity index (χ0v) is 44.9. The lowest BCUT2D eigenvalue weighted by Crippen LogP contribution is -2.61. The molecule has 0 atom stereocenters. The van der Waals surface area contributed by atoms with Crippen molar-refractivity contribution in [2.45, 2.75) is 148 Å². The first-order valence-corrected chi connectivity index (χ1v) is 27.3. The molecule has 5 aliphatic rings. The minimum Gasteiger partial charge on any atom is -0.376 e. The van der Waals surface area contributed by atoms with Crippen LogP contribution in [-0.4, -0.2) is 16.4 Å². The van der Waals surface area contributed by atoms with E-state index >= 15 is 0 Å². The molecule has 9 aromatic rings. The summed E-state index contributed by atoms with van der Waals surface area (Å²) in [5, 5.41) is 3.90. The Kier molecular flexibility index (Phi) is 8.51. The molecule has 2 aromatic heterocycles. The number of nitrogens with zero attached hydrogens (tertiary/aromatic N) is 3. The highest BCUT2D eigenvalue weighted by Gasteiger charge is 2.52. The van der Waals surface area contributed by atoms with E-state index in [1.165, 1.54) is 141 Å². The van der Waals surface area contributed by atoms with E-state index in [-0.39, 0.29) is 39.3 Å². The van der Waals surface area contributed by atoms with Gasteiger partial charge in [-0.15, -0.1) is 11.3 Å². The highest BCUT2D eigenvalue weighted by atomic mass is 32.1. The zero-order chi connectivity index (χ0) is 49.3. The second-order valence-electron chi connectivity index (χ2n) is 26.5. The summed E-state index contributed by atoms with van der Waals surface area (Å²) in [6, 6.07) is 45.7. The van der Waals surface area contributed by atoms with Gasteiger partial charge in [0, 0.05) is 44.4 Å². The van der Waals surface area contributed by atoms with Crippen LogP contribution >= 0.6 is 11.3 Å². The Morgan fingerprint density at radius 3 is 1.85 bits per heavy atom. The van der Waals surface area contributed by atoms with Gasteiger partial charge < -0.3 is 9.38 Å². The Hall–Kier alpha value is -5.91. The molecule has 7 aromatic carbocycles. The highest BCUT2D eigenvalue weighted by molar-refractivity contribution is 7.21. The fourth-order valence-electron chi connectivity index (χ4n) is 14.5. The van der Waals surface area contributed by atoms with Gasteiger partial charge in [0.25, 0.3) is 0 Å². The molecule has 0 radical (unpaired) electrons. The SMILES string of the molecule is CC(C)(C)c1ccc(N2B3c4cc5nc(-c6ccccc6)sc5cc4-n4c5cc6c(cc5c5c7c(c(c3c54)-c3cc4c(cc32)C(C)(C)CCC4(C)C)-c2ccccc2C7(C)C)C(C)(C)CCC6(C)C)cc1. The standard InChI is InChI=1S/C66H66BN3S/c1-61(2,3)38-23-25-39(26-24-38)70-51-34-47-45(63(6,7)28-30-65(47,10)11)32-42(51)55-54-40-21-17-18-22-43(40)66(12,13)57(54)56-41-31-44-46(64(8,9)29-27-62(44,4)5)33-50(41)69-52-36-53-49(35-48(52)67(70)58(55)59(56)69)68-60(71-53)37-19-15-14-16-20-37/h14-26,31-36H,27-30H2,1-13H3. The quantitative estimate of drug-likeness (QED) is 0.161. The summed E-state index contributed by atoms with van der Waals surface area (Å²) in [5.74, 6) is 0. The normalized spacial score (nSPS) is 19.1. The number of fused-ring (bicyclic) bond motifs is 16. The smallest absolute Gasteiger partial charge is 0.333 e. The lowest BCUT2D eigenvalue weighted by atomic mass is 9.43. The minimum absolute atomic E-state index is 0.0277. The van der Waals surface area contributed by atoms with Gasteiger partial charge in [-0.25, -0.2) is 4.98 Å². The number of hydrogen-bond acceptors (Lipinski definition) is 3. The third kappa shape index (κ3) is 5.76. The van der Waals surface area contributed by atoms with E-state index in [9.17, 15) is 0 Å². The van der Waals surface area contributed by atoms with Crippen molar-refractivity contribution in [1.82, 2.24) is 9.55 Å². The molecule has 71 heavy (non-hydrogen) atoms. The number of anilines is 2. The number of benzene rings is 7. The Morgan fingerprint density at radius 1 is 0.577 bits per heavy atom. The molecule has 5 heteroatoms. The predicted molar refractivity (Wildman–Crippen MR) is 305 cm³/mol. The second kappa shape index (κ2) is 13.8. The van der Waals surface area contributed by atoms with Crippen molar-refractivity contribution in [3.8, 4) is 38.5 Å². The second-order valence-corrected chi connectivity index (χ2v) is 27.5. The minimum atomic E-state index is -0.248. The van der Waals surface area contributed by atoms with Crippen molar-refractivity contribution in [3.05, 3.63) is 154 Å². The van der Waals surface area contributed by atoms with E-state index in [2.05, 4.69) is 215 Å². The van der Waals surface area contributed by atoms with E-state index in [1.807, 2.05) is 11.3 Å². The monoisotopic (exact) mass is 944 g/mol. The van der Waals surface area contributed by atoms with Gasteiger partial charge in [0.15, 0.2) is 0 Å². The van der Waals surface area contributed by atoms with Crippen LogP contribution in [0.25, 0.3) is 70.5 Å². The molecule has 2 aliphatic heterocycles.